The molecule has 4 nitrogen and oxygen atoms in total. The van der Waals surface area contributed by atoms with Crippen LogP contribution in [0.1, 0.15) is 0 Å². The van der Waals surface area contributed by atoms with Crippen LogP contribution in [0.4, 0.5) is 0 Å². The number of hydrogen-bond acceptors (Lipinski definition) is 3. The molecule has 120 valence electrons. The van der Waals surface area contributed by atoms with Gasteiger partial charge in [0, 0.05) is 22.9 Å². The summed E-state index contributed by atoms with van der Waals surface area (Å²) in [7, 11) is 0. The first kappa shape index (κ1) is 14.3. The molecule has 3 aromatic heterocycles. The lowest BCUT2D eigenvalue weighted by atomic mass is 10.2. The first-order chi connectivity index (χ1) is 12.4. The second kappa shape index (κ2) is 5.79. The standard InChI is InChI=1S/C20H14N4S/c1-4-10-18(25-20-22-15-8-2-3-9-16(15)23-20)14(7-1)17-13-24-12-6-5-11-19(24)21-17/h1-13H,(H,22,23). The van der Waals surface area contributed by atoms with Gasteiger partial charge in [0.15, 0.2) is 5.16 Å². The molecule has 0 bridgehead atoms. The molecule has 0 saturated heterocycles. The number of nitrogens with zero attached hydrogens (tertiary/aromatic N) is 3. The Labute approximate surface area is 148 Å². The summed E-state index contributed by atoms with van der Waals surface area (Å²) in [5, 5.41) is 0.886. The lowest BCUT2D eigenvalue weighted by molar-refractivity contribution is 1.08. The van der Waals surface area contributed by atoms with Crippen LogP contribution in [-0.4, -0.2) is 19.4 Å². The number of aromatic nitrogens is 4. The van der Waals surface area contributed by atoms with E-state index in [2.05, 4.69) is 28.3 Å². The fourth-order valence-corrected chi connectivity index (χ4v) is 3.86. The molecule has 5 heteroatoms. The average molecular weight is 342 g/mol. The maximum atomic E-state index is 4.75. The normalized spacial score (nSPS) is 11.4. The van der Waals surface area contributed by atoms with E-state index in [1.165, 1.54) is 0 Å². The fraction of sp³-hybridized carbons (Fsp3) is 0. The molecule has 0 atom stereocenters. The van der Waals surface area contributed by atoms with Crippen molar-refractivity contribution in [1.82, 2.24) is 19.4 Å². The van der Waals surface area contributed by atoms with Crippen molar-refractivity contribution in [2.24, 2.45) is 0 Å². The molecule has 5 rings (SSSR count). The molecule has 1 N–H and O–H groups in total. The van der Waals surface area contributed by atoms with Gasteiger partial charge in [-0.2, -0.15) is 0 Å². The first-order valence-electron chi connectivity index (χ1n) is 8.02. The van der Waals surface area contributed by atoms with Crippen LogP contribution in [0.25, 0.3) is 27.9 Å². The molecule has 0 saturated carbocycles. The van der Waals surface area contributed by atoms with E-state index in [4.69, 9.17) is 4.98 Å². The Morgan fingerprint density at radius 2 is 1.68 bits per heavy atom. The molecule has 0 aliphatic rings. The summed E-state index contributed by atoms with van der Waals surface area (Å²) in [6, 6.07) is 22.4. The van der Waals surface area contributed by atoms with Crippen LogP contribution in [0.2, 0.25) is 0 Å². The van der Waals surface area contributed by atoms with E-state index in [-0.39, 0.29) is 0 Å². The maximum Gasteiger partial charge on any atom is 0.171 e. The topological polar surface area (TPSA) is 46.0 Å². The zero-order valence-electron chi connectivity index (χ0n) is 13.3. The van der Waals surface area contributed by atoms with E-state index >= 15 is 0 Å². The summed E-state index contributed by atoms with van der Waals surface area (Å²) in [6.07, 6.45) is 4.08. The molecule has 3 heterocycles. The van der Waals surface area contributed by atoms with Crippen molar-refractivity contribution in [3.8, 4) is 11.3 Å². The predicted molar refractivity (Wildman–Crippen MR) is 101 cm³/mol. The minimum atomic E-state index is 0.886. The number of H-pyrrole nitrogens is 1. The van der Waals surface area contributed by atoms with Gasteiger partial charge in [-0.25, -0.2) is 9.97 Å². The highest BCUT2D eigenvalue weighted by Crippen LogP contribution is 2.35. The predicted octanol–water partition coefficient (Wildman–Crippen LogP) is 5.03. The molecule has 0 aliphatic heterocycles. The van der Waals surface area contributed by atoms with Gasteiger partial charge in [0.05, 0.1) is 16.7 Å². The minimum Gasteiger partial charge on any atom is -0.333 e. The van der Waals surface area contributed by atoms with E-state index in [0.717, 1.165) is 38.0 Å². The summed E-state index contributed by atoms with van der Waals surface area (Å²) in [4.78, 5) is 13.9. The summed E-state index contributed by atoms with van der Waals surface area (Å²) >= 11 is 1.63. The Bertz CT molecular complexity index is 1120. The van der Waals surface area contributed by atoms with E-state index < -0.39 is 0 Å². The molecule has 0 aliphatic carbocycles. The average Bonchev–Trinajstić information content (AvgIpc) is 3.25. The molecule has 0 amide bonds. The second-order valence-corrected chi connectivity index (χ2v) is 6.78. The smallest absolute Gasteiger partial charge is 0.171 e. The SMILES string of the molecule is c1ccc(-c2cn3ccccc3n2)c(Sc2nc3ccccc3[nH]2)c1. The Morgan fingerprint density at radius 1 is 0.840 bits per heavy atom. The molecule has 0 fully saturated rings. The highest BCUT2D eigenvalue weighted by molar-refractivity contribution is 7.99. The van der Waals surface area contributed by atoms with Gasteiger partial charge in [-0.05, 0) is 30.3 Å². The number of benzene rings is 2. The van der Waals surface area contributed by atoms with Crippen molar-refractivity contribution in [1.29, 1.82) is 0 Å². The van der Waals surface area contributed by atoms with Crippen molar-refractivity contribution < 1.29 is 0 Å². The van der Waals surface area contributed by atoms with E-state index in [1.807, 2.05) is 65.2 Å². The van der Waals surface area contributed by atoms with E-state index in [1.54, 1.807) is 11.8 Å². The molecule has 0 unspecified atom stereocenters. The minimum absolute atomic E-state index is 0.886. The third kappa shape index (κ3) is 2.58. The Balaban J connectivity index is 1.58. The lowest BCUT2D eigenvalue weighted by Gasteiger charge is -2.04. The number of aromatic amines is 1. The second-order valence-electron chi connectivity index (χ2n) is 5.75. The third-order valence-electron chi connectivity index (χ3n) is 4.10. The largest absolute Gasteiger partial charge is 0.333 e. The zero-order valence-corrected chi connectivity index (χ0v) is 14.1. The van der Waals surface area contributed by atoms with Crippen LogP contribution in [0, 0.1) is 0 Å². The fourth-order valence-electron chi connectivity index (χ4n) is 2.91. The lowest BCUT2D eigenvalue weighted by Crippen LogP contribution is -1.83. The van der Waals surface area contributed by atoms with Crippen LogP contribution in [0.3, 0.4) is 0 Å². The number of pyridine rings is 1. The number of hydrogen-bond donors (Lipinski definition) is 1. The molecular weight excluding hydrogens is 328 g/mol. The van der Waals surface area contributed by atoms with Gasteiger partial charge >= 0.3 is 0 Å². The summed E-state index contributed by atoms with van der Waals surface area (Å²) in [6.45, 7) is 0. The van der Waals surface area contributed by atoms with Crippen molar-refractivity contribution in [3.63, 3.8) is 0 Å². The third-order valence-corrected chi connectivity index (χ3v) is 5.06. The highest BCUT2D eigenvalue weighted by Gasteiger charge is 2.12. The van der Waals surface area contributed by atoms with Gasteiger partial charge in [0.1, 0.15) is 5.65 Å². The van der Waals surface area contributed by atoms with Gasteiger partial charge in [-0.1, -0.05) is 48.2 Å². The number of rotatable bonds is 3. The highest BCUT2D eigenvalue weighted by atomic mass is 32.2. The Kier molecular flexibility index (Phi) is 3.31. The monoisotopic (exact) mass is 342 g/mol. The van der Waals surface area contributed by atoms with Crippen LogP contribution in [0.5, 0.6) is 0 Å². The number of fused-ring (bicyclic) bond motifs is 2. The summed E-state index contributed by atoms with van der Waals surface area (Å²) < 4.78 is 2.04. The van der Waals surface area contributed by atoms with Crippen molar-refractivity contribution >= 4 is 28.4 Å². The molecule has 25 heavy (non-hydrogen) atoms. The molecule has 0 spiro atoms. The van der Waals surface area contributed by atoms with Crippen LogP contribution in [0.15, 0.2) is 89.2 Å². The van der Waals surface area contributed by atoms with Gasteiger partial charge in [-0.3, -0.25) is 0 Å². The van der Waals surface area contributed by atoms with Gasteiger partial charge in [-0.15, -0.1) is 0 Å². The molecule has 5 aromatic rings. The summed E-state index contributed by atoms with van der Waals surface area (Å²) in [5.74, 6) is 0. The van der Waals surface area contributed by atoms with Crippen LogP contribution >= 0.6 is 11.8 Å². The van der Waals surface area contributed by atoms with Gasteiger partial charge in [0.2, 0.25) is 0 Å². The maximum absolute atomic E-state index is 4.75. The summed E-state index contributed by atoms with van der Waals surface area (Å²) in [5.41, 5.74) is 5.05. The van der Waals surface area contributed by atoms with E-state index in [9.17, 15) is 0 Å². The molecular formula is C20H14N4S. The van der Waals surface area contributed by atoms with Crippen molar-refractivity contribution in [3.05, 3.63) is 79.1 Å². The first-order valence-corrected chi connectivity index (χ1v) is 8.84. The van der Waals surface area contributed by atoms with Crippen molar-refractivity contribution in [2.45, 2.75) is 10.1 Å². The number of para-hydroxylation sites is 2. The number of nitrogens with one attached hydrogen (secondary N) is 1. The van der Waals surface area contributed by atoms with Crippen LogP contribution < -0.4 is 0 Å². The van der Waals surface area contributed by atoms with E-state index in [0.29, 0.717) is 0 Å². The van der Waals surface area contributed by atoms with Gasteiger partial charge < -0.3 is 9.38 Å². The van der Waals surface area contributed by atoms with Gasteiger partial charge in [0.25, 0.3) is 0 Å². The van der Waals surface area contributed by atoms with Crippen molar-refractivity contribution in [2.75, 3.05) is 0 Å². The van der Waals surface area contributed by atoms with Crippen LogP contribution in [-0.2, 0) is 0 Å². The quantitative estimate of drug-likeness (QED) is 0.500. The zero-order chi connectivity index (χ0) is 16.6. The molecule has 0 radical (unpaired) electrons. The Morgan fingerprint density at radius 3 is 2.60 bits per heavy atom. The Hall–Kier alpha value is -3.05. The number of imidazole rings is 2. The molecule has 2 aromatic carbocycles.